The molecule has 0 aromatic rings. The van der Waals surface area contributed by atoms with Crippen LogP contribution in [0.3, 0.4) is 0 Å². The molecule has 0 radical (unpaired) electrons. The molecule has 0 fully saturated rings. The third kappa shape index (κ3) is 2.05. The van der Waals surface area contributed by atoms with E-state index in [1.165, 1.54) is 12.4 Å². The first-order chi connectivity index (χ1) is 4.76. The molecule has 0 saturated carbocycles. The molecule has 0 spiro atoms. The van der Waals surface area contributed by atoms with Crippen molar-refractivity contribution in [3.05, 3.63) is 25.6 Å². The van der Waals surface area contributed by atoms with E-state index in [0.29, 0.717) is 0 Å². The Hall–Kier alpha value is -1.69. The Morgan fingerprint density at radius 3 is 2.40 bits per heavy atom. The number of amides is 2. The number of hydrogen-bond acceptors (Lipinski definition) is 1. The van der Waals surface area contributed by atoms with Crippen LogP contribution in [0.5, 0.6) is 0 Å². The molecule has 2 amide bonds. The van der Waals surface area contributed by atoms with Crippen LogP contribution in [0, 0.1) is 12.5 Å². The van der Waals surface area contributed by atoms with E-state index >= 15 is 0 Å². The summed E-state index contributed by atoms with van der Waals surface area (Å²) in [5.74, 6) is 0. The van der Waals surface area contributed by atoms with Gasteiger partial charge in [-0.25, -0.2) is 4.79 Å². The predicted octanol–water partition coefficient (Wildman–Crippen LogP) is 0.876. The summed E-state index contributed by atoms with van der Waals surface area (Å²) in [6, 6.07) is 1.54. The number of carbonyl (C=O) groups excluding carboxylic acids is 1. The lowest BCUT2D eigenvalue weighted by molar-refractivity contribution is 0.230. The lowest BCUT2D eigenvalue weighted by Crippen LogP contribution is -2.29. The van der Waals surface area contributed by atoms with E-state index in [0.717, 1.165) is 4.90 Å². The van der Waals surface area contributed by atoms with Gasteiger partial charge in [-0.1, -0.05) is 19.6 Å². The number of terminal acetylenes is 1. The van der Waals surface area contributed by atoms with E-state index in [1.54, 1.807) is 0 Å². The van der Waals surface area contributed by atoms with Crippen molar-refractivity contribution in [2.75, 3.05) is 0 Å². The van der Waals surface area contributed by atoms with Gasteiger partial charge in [0.1, 0.15) is 0 Å². The summed E-state index contributed by atoms with van der Waals surface area (Å²) >= 11 is 0. The Morgan fingerprint density at radius 2 is 2.10 bits per heavy atom. The molecule has 52 valence electrons. The van der Waals surface area contributed by atoms with Crippen molar-refractivity contribution in [2.24, 2.45) is 0 Å². The maximum Gasteiger partial charge on any atom is 0.337 e. The third-order valence-electron chi connectivity index (χ3n) is 0.807. The third-order valence-corrected chi connectivity index (χ3v) is 0.807. The predicted molar refractivity (Wildman–Crippen MR) is 39.6 cm³/mol. The van der Waals surface area contributed by atoms with E-state index in [2.05, 4.69) is 18.5 Å². The van der Waals surface area contributed by atoms with Crippen LogP contribution in [0.1, 0.15) is 0 Å². The van der Waals surface area contributed by atoms with Gasteiger partial charge >= 0.3 is 6.03 Å². The zero-order chi connectivity index (χ0) is 7.98. The van der Waals surface area contributed by atoms with Gasteiger partial charge in [0, 0.05) is 18.4 Å². The minimum absolute atomic E-state index is 0.437. The Bertz CT molecular complexity index is 182. The summed E-state index contributed by atoms with van der Waals surface area (Å²) in [6.45, 7) is 6.72. The van der Waals surface area contributed by atoms with Crippen molar-refractivity contribution >= 4 is 6.03 Å². The number of rotatable bonds is 2. The van der Waals surface area contributed by atoms with Crippen molar-refractivity contribution in [2.45, 2.75) is 0 Å². The standard InChI is InChI=1S/C7H8N2O/c1-4-8-7(10)9(5-2)6-3/h1,5-6H,2-3H2,(H,8,10). The van der Waals surface area contributed by atoms with Gasteiger partial charge in [-0.15, -0.1) is 0 Å². The minimum Gasteiger partial charge on any atom is -0.277 e. The van der Waals surface area contributed by atoms with Gasteiger partial charge in [0.05, 0.1) is 0 Å². The molecule has 1 N–H and O–H groups in total. The van der Waals surface area contributed by atoms with Crippen LogP contribution in [0.15, 0.2) is 25.6 Å². The zero-order valence-electron chi connectivity index (χ0n) is 5.50. The van der Waals surface area contributed by atoms with Gasteiger partial charge in [0.2, 0.25) is 0 Å². The summed E-state index contributed by atoms with van der Waals surface area (Å²) in [6.07, 6.45) is 7.41. The summed E-state index contributed by atoms with van der Waals surface area (Å²) < 4.78 is 0. The highest BCUT2D eigenvalue weighted by Gasteiger charge is 2.01. The van der Waals surface area contributed by atoms with Gasteiger partial charge < -0.3 is 0 Å². The molecular weight excluding hydrogens is 128 g/mol. The minimum atomic E-state index is -0.437. The van der Waals surface area contributed by atoms with E-state index < -0.39 is 6.03 Å². The number of nitrogens with one attached hydrogen (secondary N) is 1. The van der Waals surface area contributed by atoms with Crippen molar-refractivity contribution in [3.63, 3.8) is 0 Å². The van der Waals surface area contributed by atoms with E-state index in [4.69, 9.17) is 6.42 Å². The fourth-order valence-electron chi connectivity index (χ4n) is 0.367. The quantitative estimate of drug-likeness (QED) is 0.443. The molecule has 0 saturated heterocycles. The average Bonchev–Trinajstić information content (AvgIpc) is 1.91. The van der Waals surface area contributed by atoms with Gasteiger partial charge in [-0.2, -0.15) is 0 Å². The van der Waals surface area contributed by atoms with Crippen molar-refractivity contribution in [1.82, 2.24) is 10.2 Å². The normalized spacial score (nSPS) is 7.10. The average molecular weight is 136 g/mol. The topological polar surface area (TPSA) is 32.3 Å². The maximum atomic E-state index is 10.7. The highest BCUT2D eigenvalue weighted by Crippen LogP contribution is 1.87. The molecule has 0 unspecified atom stereocenters. The van der Waals surface area contributed by atoms with Crippen LogP contribution in [0.2, 0.25) is 0 Å². The SMILES string of the molecule is C#CNC(=O)N(C=C)C=C. The summed E-state index contributed by atoms with van der Waals surface area (Å²) in [4.78, 5) is 11.9. The van der Waals surface area contributed by atoms with Gasteiger partial charge in [-0.3, -0.25) is 10.2 Å². The molecule has 3 heteroatoms. The van der Waals surface area contributed by atoms with Crippen LogP contribution in [-0.4, -0.2) is 10.9 Å². The molecule has 0 aliphatic rings. The second-order valence-corrected chi connectivity index (χ2v) is 1.35. The molecule has 0 aromatic carbocycles. The first-order valence-corrected chi connectivity index (χ1v) is 2.55. The second-order valence-electron chi connectivity index (χ2n) is 1.35. The Labute approximate surface area is 60.0 Å². The first kappa shape index (κ1) is 8.31. The molecule has 10 heavy (non-hydrogen) atoms. The lowest BCUT2D eigenvalue weighted by Gasteiger charge is -2.08. The molecule has 0 aromatic heterocycles. The van der Waals surface area contributed by atoms with Gasteiger partial charge in [0.25, 0.3) is 0 Å². The smallest absolute Gasteiger partial charge is 0.277 e. The Balaban J connectivity index is 4.04. The molecule has 0 atom stereocenters. The maximum absolute atomic E-state index is 10.7. The monoisotopic (exact) mass is 136 g/mol. The number of urea groups is 1. The highest BCUT2D eigenvalue weighted by atomic mass is 16.2. The largest absolute Gasteiger partial charge is 0.337 e. The number of hydrogen-bond donors (Lipinski definition) is 1. The fourth-order valence-corrected chi connectivity index (χ4v) is 0.367. The lowest BCUT2D eigenvalue weighted by atomic mass is 10.7. The summed E-state index contributed by atoms with van der Waals surface area (Å²) in [7, 11) is 0. The summed E-state index contributed by atoms with van der Waals surface area (Å²) in [5, 5.41) is 2.12. The molecule has 0 bridgehead atoms. The van der Waals surface area contributed by atoms with Gasteiger partial charge in [0.15, 0.2) is 0 Å². The Kier molecular flexibility index (Phi) is 3.50. The van der Waals surface area contributed by atoms with E-state index in [1.807, 2.05) is 6.04 Å². The molecule has 0 aliphatic heterocycles. The molecule has 0 rings (SSSR count). The van der Waals surface area contributed by atoms with Crippen molar-refractivity contribution in [1.29, 1.82) is 0 Å². The van der Waals surface area contributed by atoms with E-state index in [9.17, 15) is 4.79 Å². The zero-order valence-corrected chi connectivity index (χ0v) is 5.50. The fraction of sp³-hybridized carbons (Fsp3) is 0. The highest BCUT2D eigenvalue weighted by molar-refractivity contribution is 5.77. The van der Waals surface area contributed by atoms with Crippen LogP contribution < -0.4 is 5.32 Å². The van der Waals surface area contributed by atoms with E-state index in [-0.39, 0.29) is 0 Å². The number of nitrogens with zero attached hydrogens (tertiary/aromatic N) is 1. The first-order valence-electron chi connectivity index (χ1n) is 2.55. The van der Waals surface area contributed by atoms with Crippen LogP contribution in [-0.2, 0) is 0 Å². The molecule has 0 heterocycles. The van der Waals surface area contributed by atoms with Crippen LogP contribution in [0.4, 0.5) is 4.79 Å². The molecule has 3 nitrogen and oxygen atoms in total. The van der Waals surface area contributed by atoms with Crippen molar-refractivity contribution in [3.8, 4) is 12.5 Å². The Morgan fingerprint density at radius 1 is 1.60 bits per heavy atom. The molecular formula is C7H8N2O. The van der Waals surface area contributed by atoms with Gasteiger partial charge in [-0.05, 0) is 0 Å². The molecule has 0 aliphatic carbocycles. The second kappa shape index (κ2) is 4.21. The summed E-state index contributed by atoms with van der Waals surface area (Å²) in [5.41, 5.74) is 0. The van der Waals surface area contributed by atoms with Crippen LogP contribution in [0.25, 0.3) is 0 Å². The van der Waals surface area contributed by atoms with Crippen molar-refractivity contribution < 1.29 is 4.79 Å². The number of carbonyl (C=O) groups is 1. The van der Waals surface area contributed by atoms with Crippen LogP contribution >= 0.6 is 0 Å².